The molecule has 10 heteroatoms. The summed E-state index contributed by atoms with van der Waals surface area (Å²) in [6, 6.07) is 12.8. The van der Waals surface area contributed by atoms with E-state index in [-0.39, 0.29) is 48.7 Å². The molecular weight excluding hydrogens is 476 g/mol. The Labute approximate surface area is 205 Å². The predicted octanol–water partition coefficient (Wildman–Crippen LogP) is 2.79. The van der Waals surface area contributed by atoms with Gasteiger partial charge >= 0.3 is 0 Å². The maximum absolute atomic E-state index is 13.7. The second-order valence-corrected chi connectivity index (χ2v) is 11.2. The molecule has 34 heavy (non-hydrogen) atoms. The van der Waals surface area contributed by atoms with Gasteiger partial charge < -0.3 is 15.1 Å². The van der Waals surface area contributed by atoms with Crippen LogP contribution in [0.2, 0.25) is 5.02 Å². The van der Waals surface area contributed by atoms with E-state index in [0.29, 0.717) is 10.7 Å². The van der Waals surface area contributed by atoms with Gasteiger partial charge in [0.1, 0.15) is 12.2 Å². The highest BCUT2D eigenvalue weighted by Crippen LogP contribution is 2.32. The molecule has 0 aromatic heterocycles. The summed E-state index contributed by atoms with van der Waals surface area (Å²) in [4.78, 5) is 29.9. The fourth-order valence-electron chi connectivity index (χ4n) is 4.65. The van der Waals surface area contributed by atoms with Crippen molar-refractivity contribution in [1.29, 1.82) is 0 Å². The Kier molecular flexibility index (Phi) is 6.89. The van der Waals surface area contributed by atoms with E-state index in [1.54, 1.807) is 48.3 Å². The Morgan fingerprint density at radius 2 is 1.82 bits per heavy atom. The molecule has 0 saturated carbocycles. The second-order valence-electron chi connectivity index (χ2n) is 8.86. The number of carbonyl (C=O) groups excluding carboxylic acids is 2. The van der Waals surface area contributed by atoms with Crippen LogP contribution in [0.25, 0.3) is 0 Å². The van der Waals surface area contributed by atoms with E-state index in [0.717, 1.165) is 5.56 Å². The van der Waals surface area contributed by atoms with E-state index >= 15 is 0 Å². The van der Waals surface area contributed by atoms with Gasteiger partial charge in [-0.2, -0.15) is 4.31 Å². The average Bonchev–Trinajstić information content (AvgIpc) is 2.81. The van der Waals surface area contributed by atoms with Crippen molar-refractivity contribution in [2.24, 2.45) is 0 Å². The normalized spacial score (nSPS) is 21.7. The molecule has 2 aliphatic heterocycles. The zero-order chi connectivity index (χ0) is 24.6. The number of nitrogens with one attached hydrogen (secondary N) is 1. The number of fused-ring (bicyclic) bond motifs is 1. The SMILES string of the molecule is CNc1cccc(S(=O)(=O)N2CCC(=O)N3C(Cc4ccc(Cl)cc4)C(=O)N(C(C)C)CC32)c1. The molecule has 2 atom stereocenters. The summed E-state index contributed by atoms with van der Waals surface area (Å²) in [6.07, 6.45) is -0.472. The third-order valence-electron chi connectivity index (χ3n) is 6.45. The molecule has 2 fully saturated rings. The number of anilines is 1. The third-order valence-corrected chi connectivity index (χ3v) is 8.59. The van der Waals surface area contributed by atoms with Crippen LogP contribution in [0.15, 0.2) is 53.4 Å². The highest BCUT2D eigenvalue weighted by molar-refractivity contribution is 7.89. The number of piperazine rings is 1. The van der Waals surface area contributed by atoms with Crippen LogP contribution in [-0.2, 0) is 26.0 Å². The summed E-state index contributed by atoms with van der Waals surface area (Å²) in [7, 11) is -2.19. The van der Waals surface area contributed by atoms with Crippen LogP contribution >= 0.6 is 11.6 Å². The minimum absolute atomic E-state index is 0.0214. The zero-order valence-corrected chi connectivity index (χ0v) is 21.0. The molecule has 2 unspecified atom stereocenters. The lowest BCUT2D eigenvalue weighted by Crippen LogP contribution is -2.72. The summed E-state index contributed by atoms with van der Waals surface area (Å²) in [5.41, 5.74) is 1.52. The van der Waals surface area contributed by atoms with E-state index < -0.39 is 22.2 Å². The lowest BCUT2D eigenvalue weighted by atomic mass is 9.97. The smallest absolute Gasteiger partial charge is 0.246 e. The Bertz CT molecular complexity index is 1190. The van der Waals surface area contributed by atoms with Crippen molar-refractivity contribution in [3.05, 3.63) is 59.1 Å². The minimum Gasteiger partial charge on any atom is -0.388 e. The average molecular weight is 505 g/mol. The molecule has 4 rings (SSSR count). The van der Waals surface area contributed by atoms with Crippen molar-refractivity contribution in [3.8, 4) is 0 Å². The Hall–Kier alpha value is -2.62. The second kappa shape index (κ2) is 9.56. The molecule has 2 heterocycles. The van der Waals surface area contributed by atoms with Gasteiger partial charge in [0, 0.05) is 43.2 Å². The first-order valence-electron chi connectivity index (χ1n) is 11.3. The van der Waals surface area contributed by atoms with Gasteiger partial charge in [-0.1, -0.05) is 29.8 Å². The van der Waals surface area contributed by atoms with E-state index in [9.17, 15) is 18.0 Å². The summed E-state index contributed by atoms with van der Waals surface area (Å²) >= 11 is 6.01. The number of rotatable bonds is 6. The minimum atomic E-state index is -3.91. The van der Waals surface area contributed by atoms with Crippen molar-refractivity contribution < 1.29 is 18.0 Å². The van der Waals surface area contributed by atoms with Crippen molar-refractivity contribution in [1.82, 2.24) is 14.1 Å². The van der Waals surface area contributed by atoms with E-state index in [1.807, 2.05) is 26.0 Å². The number of amides is 2. The first kappa shape index (κ1) is 24.5. The van der Waals surface area contributed by atoms with Crippen molar-refractivity contribution in [2.75, 3.05) is 25.5 Å². The number of carbonyl (C=O) groups is 2. The van der Waals surface area contributed by atoms with E-state index in [4.69, 9.17) is 11.6 Å². The third kappa shape index (κ3) is 4.52. The van der Waals surface area contributed by atoms with Gasteiger partial charge in [0.15, 0.2) is 0 Å². The van der Waals surface area contributed by atoms with E-state index in [1.165, 1.54) is 9.21 Å². The lowest BCUT2D eigenvalue weighted by Gasteiger charge is -2.52. The molecule has 8 nitrogen and oxygen atoms in total. The maximum atomic E-state index is 13.7. The van der Waals surface area contributed by atoms with Crippen LogP contribution < -0.4 is 5.32 Å². The number of sulfonamides is 1. The summed E-state index contributed by atoms with van der Waals surface area (Å²) in [5.74, 6) is -0.387. The Balaban J connectivity index is 1.74. The quantitative estimate of drug-likeness (QED) is 0.653. The highest BCUT2D eigenvalue weighted by Gasteiger charge is 2.51. The van der Waals surface area contributed by atoms with Crippen molar-refractivity contribution in [2.45, 2.75) is 49.8 Å². The van der Waals surface area contributed by atoms with Crippen LogP contribution in [0.4, 0.5) is 5.69 Å². The van der Waals surface area contributed by atoms with Gasteiger partial charge in [-0.25, -0.2) is 8.42 Å². The summed E-state index contributed by atoms with van der Waals surface area (Å²) in [6.45, 7) is 3.99. The molecule has 0 radical (unpaired) electrons. The van der Waals surface area contributed by atoms with Gasteiger partial charge in [-0.15, -0.1) is 0 Å². The number of halogens is 1. The molecule has 0 bridgehead atoms. The summed E-state index contributed by atoms with van der Waals surface area (Å²) in [5, 5.41) is 3.54. The van der Waals surface area contributed by atoms with Gasteiger partial charge in [0.2, 0.25) is 21.8 Å². The number of hydrogen-bond acceptors (Lipinski definition) is 5. The summed E-state index contributed by atoms with van der Waals surface area (Å²) < 4.78 is 28.8. The molecule has 2 aromatic carbocycles. The van der Waals surface area contributed by atoms with E-state index in [2.05, 4.69) is 5.32 Å². The van der Waals surface area contributed by atoms with Crippen LogP contribution in [0.5, 0.6) is 0 Å². The largest absolute Gasteiger partial charge is 0.388 e. The first-order chi connectivity index (χ1) is 16.1. The van der Waals surface area contributed by atoms with Gasteiger partial charge in [-0.05, 0) is 49.7 Å². The molecule has 2 saturated heterocycles. The number of nitrogens with zero attached hydrogens (tertiary/aromatic N) is 3. The Morgan fingerprint density at radius 3 is 2.47 bits per heavy atom. The van der Waals surface area contributed by atoms with Gasteiger partial charge in [-0.3, -0.25) is 9.59 Å². The maximum Gasteiger partial charge on any atom is 0.246 e. The Morgan fingerprint density at radius 1 is 1.12 bits per heavy atom. The van der Waals surface area contributed by atoms with Gasteiger partial charge in [0.25, 0.3) is 0 Å². The molecule has 2 aromatic rings. The molecule has 2 aliphatic rings. The predicted molar refractivity (Wildman–Crippen MR) is 131 cm³/mol. The standard InChI is InChI=1S/C24H29ClN4O4S/c1-16(2)27-15-22-28(34(32,33)20-6-4-5-19(14-20)26-3)12-11-23(30)29(22)21(24(27)31)13-17-7-9-18(25)10-8-17/h4-10,14,16,21-22,26H,11-13,15H2,1-3H3. The zero-order valence-electron chi connectivity index (χ0n) is 19.4. The molecular formula is C24H29ClN4O4S. The molecule has 2 amide bonds. The van der Waals surface area contributed by atoms with Crippen LogP contribution in [0.3, 0.4) is 0 Å². The molecule has 182 valence electrons. The molecule has 0 aliphatic carbocycles. The first-order valence-corrected chi connectivity index (χ1v) is 13.1. The monoisotopic (exact) mass is 504 g/mol. The van der Waals surface area contributed by atoms with Crippen LogP contribution in [0, 0.1) is 0 Å². The number of hydrogen-bond donors (Lipinski definition) is 1. The van der Waals surface area contributed by atoms with Crippen molar-refractivity contribution >= 4 is 39.1 Å². The van der Waals surface area contributed by atoms with Crippen LogP contribution in [0.1, 0.15) is 25.8 Å². The van der Waals surface area contributed by atoms with Crippen molar-refractivity contribution in [3.63, 3.8) is 0 Å². The fraction of sp³-hybridized carbons (Fsp3) is 0.417. The van der Waals surface area contributed by atoms with Gasteiger partial charge in [0.05, 0.1) is 11.4 Å². The number of benzene rings is 2. The lowest BCUT2D eigenvalue weighted by molar-refractivity contribution is -0.166. The van der Waals surface area contributed by atoms with Crippen LogP contribution in [-0.4, -0.2) is 72.7 Å². The topological polar surface area (TPSA) is 90.0 Å². The molecule has 0 spiro atoms. The highest BCUT2D eigenvalue weighted by atomic mass is 35.5. The fourth-order valence-corrected chi connectivity index (χ4v) is 6.39. The molecule has 1 N–H and O–H groups in total.